The van der Waals surface area contributed by atoms with Gasteiger partial charge in [0.25, 0.3) is 0 Å². The fourth-order valence-electron chi connectivity index (χ4n) is 6.16. The molecule has 1 heteroatoms. The van der Waals surface area contributed by atoms with Crippen LogP contribution in [0.2, 0.25) is 0 Å². The summed E-state index contributed by atoms with van der Waals surface area (Å²) in [5, 5.41) is 0. The molecular formula is C42H60Ge. The van der Waals surface area contributed by atoms with Crippen molar-refractivity contribution in [2.24, 2.45) is 5.41 Å². The summed E-state index contributed by atoms with van der Waals surface area (Å²) >= 11 is -2.47. The summed E-state index contributed by atoms with van der Waals surface area (Å²) < 4.78 is 7.80. The van der Waals surface area contributed by atoms with Crippen LogP contribution < -0.4 is 8.79 Å². The topological polar surface area (TPSA) is 0 Å². The van der Waals surface area contributed by atoms with Crippen LogP contribution in [0.5, 0.6) is 0 Å². The normalized spacial score (nSPS) is 12.3. The van der Waals surface area contributed by atoms with Gasteiger partial charge in [-0.1, -0.05) is 0 Å². The average Bonchev–Trinajstić information content (AvgIpc) is 2.91. The van der Waals surface area contributed by atoms with Crippen molar-refractivity contribution in [2.75, 3.05) is 0 Å². The Hall–Kier alpha value is -2.15. The van der Waals surface area contributed by atoms with Gasteiger partial charge in [0.2, 0.25) is 0 Å². The molecule has 0 amide bonds. The molecule has 0 aliphatic heterocycles. The van der Waals surface area contributed by atoms with E-state index in [0.717, 1.165) is 0 Å². The third-order valence-electron chi connectivity index (χ3n) is 8.83. The fourth-order valence-corrected chi connectivity index (χ4v) is 14.3. The first-order valence-electron chi connectivity index (χ1n) is 16.9. The summed E-state index contributed by atoms with van der Waals surface area (Å²) in [4.78, 5) is 0. The van der Waals surface area contributed by atoms with Gasteiger partial charge in [0.05, 0.1) is 0 Å². The van der Waals surface area contributed by atoms with Gasteiger partial charge in [0.1, 0.15) is 0 Å². The van der Waals surface area contributed by atoms with Gasteiger partial charge in [-0.05, 0) is 0 Å². The second-order valence-corrected chi connectivity index (χ2v) is 19.8. The molecule has 3 aromatic rings. The van der Waals surface area contributed by atoms with Crippen LogP contribution in [-0.4, -0.2) is 18.4 Å². The summed E-state index contributed by atoms with van der Waals surface area (Å²) in [6.45, 7) is 35.8. The maximum atomic E-state index is 4.50. The third kappa shape index (κ3) is 8.12. The second kappa shape index (κ2) is 14.3. The van der Waals surface area contributed by atoms with Crippen molar-refractivity contribution < 1.29 is 0 Å². The van der Waals surface area contributed by atoms with E-state index in [2.05, 4.69) is 163 Å². The first kappa shape index (κ1) is 35.3. The zero-order valence-electron chi connectivity index (χ0n) is 30.2. The van der Waals surface area contributed by atoms with Crippen molar-refractivity contribution in [3.05, 3.63) is 93.5 Å². The maximum absolute atomic E-state index is 4.50. The van der Waals surface area contributed by atoms with Crippen LogP contribution in [0, 0.1) is 5.41 Å². The van der Waals surface area contributed by atoms with Crippen molar-refractivity contribution >= 4 is 32.8 Å². The van der Waals surface area contributed by atoms with E-state index < -0.39 is 13.9 Å². The van der Waals surface area contributed by atoms with Gasteiger partial charge in [-0.25, -0.2) is 0 Å². The molecule has 0 unspecified atom stereocenters. The Balaban J connectivity index is 2.81. The molecule has 0 spiro atoms. The zero-order chi connectivity index (χ0) is 32.4. The Morgan fingerprint density at radius 3 is 1.09 bits per heavy atom. The van der Waals surface area contributed by atoms with Crippen LogP contribution in [0.15, 0.2) is 54.6 Å². The molecule has 43 heavy (non-hydrogen) atoms. The van der Waals surface area contributed by atoms with Crippen molar-refractivity contribution in [3.8, 4) is 0 Å². The molecule has 0 aliphatic carbocycles. The van der Waals surface area contributed by atoms with Crippen LogP contribution in [-0.2, 0) is 0 Å². The Labute approximate surface area is 270 Å². The predicted octanol–water partition coefficient (Wildman–Crippen LogP) is 11.1. The molecule has 0 aliphatic rings. The van der Waals surface area contributed by atoms with Crippen LogP contribution in [0.3, 0.4) is 0 Å². The molecule has 3 rings (SSSR count). The Bertz CT molecular complexity index is 1330. The summed E-state index contributed by atoms with van der Waals surface area (Å²) in [6.07, 6.45) is 0. The first-order chi connectivity index (χ1) is 19.9. The first-order valence-corrected chi connectivity index (χ1v) is 20.0. The summed E-state index contributed by atoms with van der Waals surface area (Å²) in [6, 6.07) is 21.4. The fraction of sp³-hybridized carbons (Fsp3) is 0.524. The predicted molar refractivity (Wildman–Crippen MR) is 197 cm³/mol. The van der Waals surface area contributed by atoms with E-state index >= 15 is 0 Å². The van der Waals surface area contributed by atoms with Gasteiger partial charge in [-0.2, -0.15) is 0 Å². The molecule has 0 atom stereocenters. The molecule has 0 aromatic heterocycles. The van der Waals surface area contributed by atoms with E-state index in [1.807, 2.05) is 0 Å². The molecule has 0 nitrogen and oxygen atoms in total. The van der Waals surface area contributed by atoms with E-state index in [9.17, 15) is 0 Å². The molecule has 0 N–H and O–H groups in total. The second-order valence-electron chi connectivity index (χ2n) is 15.6. The summed E-state index contributed by atoms with van der Waals surface area (Å²) in [5.74, 6) is 2.81. The molecule has 0 bridgehead atoms. The minimum absolute atomic E-state index is 0.0265. The van der Waals surface area contributed by atoms with Crippen LogP contribution >= 0.6 is 0 Å². The average molecular weight is 638 g/mol. The van der Waals surface area contributed by atoms with E-state index in [-0.39, 0.29) is 5.41 Å². The van der Waals surface area contributed by atoms with E-state index in [1.54, 1.807) is 31.0 Å². The molecule has 0 heterocycles. The van der Waals surface area contributed by atoms with Crippen molar-refractivity contribution in [1.29, 1.82) is 0 Å². The van der Waals surface area contributed by atoms with Gasteiger partial charge in [-0.15, -0.1) is 0 Å². The number of hydrogen-bond acceptors (Lipinski definition) is 0. The zero-order valence-corrected chi connectivity index (χ0v) is 32.3. The van der Waals surface area contributed by atoms with Crippen LogP contribution in [0.1, 0.15) is 178 Å². The SMILES string of the molecule is CC(C)c1cc(C(C)C)[c]([Ge](=[C]=C(c2ccccc2)C(C)(C)C)[c]2c(C(C)C)cc(C(C)C)cc2C(C)C)c(C(C)C)c1. The standard InChI is InChI=1S/C42H60Ge/c1-26(2)33-21-35(28(5)6)40(36(22-33)29(7)8)43(25-39(42(13,14)15)32-19-17-16-18-20-32)41-37(30(9)10)23-34(27(3)4)24-38(41)31(11)12/h16-24,26-31H,1-15H3. The number of benzene rings is 3. The monoisotopic (exact) mass is 638 g/mol. The van der Waals surface area contributed by atoms with Crippen molar-refractivity contribution in [3.63, 3.8) is 0 Å². The molecular weight excluding hydrogens is 577 g/mol. The van der Waals surface area contributed by atoms with Gasteiger partial charge in [0, 0.05) is 0 Å². The van der Waals surface area contributed by atoms with E-state index in [0.29, 0.717) is 35.5 Å². The molecule has 0 saturated heterocycles. The van der Waals surface area contributed by atoms with Gasteiger partial charge in [0.15, 0.2) is 0 Å². The summed E-state index contributed by atoms with van der Waals surface area (Å²) in [7, 11) is 0. The molecule has 0 radical (unpaired) electrons. The van der Waals surface area contributed by atoms with Crippen molar-refractivity contribution in [1.82, 2.24) is 0 Å². The summed E-state index contributed by atoms with van der Waals surface area (Å²) in [5.41, 5.74) is 11.8. The van der Waals surface area contributed by atoms with Gasteiger partial charge >= 0.3 is 271 Å². The number of hydrogen-bond donors (Lipinski definition) is 0. The quantitative estimate of drug-likeness (QED) is 0.205. The molecule has 3 aromatic carbocycles. The number of rotatable bonds is 9. The van der Waals surface area contributed by atoms with Crippen LogP contribution in [0.25, 0.3) is 5.57 Å². The Kier molecular flexibility index (Phi) is 11.8. The molecule has 0 saturated carbocycles. The minimum atomic E-state index is -2.47. The van der Waals surface area contributed by atoms with E-state index in [1.165, 1.54) is 22.3 Å². The molecule has 232 valence electrons. The van der Waals surface area contributed by atoms with Crippen LogP contribution in [0.4, 0.5) is 0 Å². The van der Waals surface area contributed by atoms with Crippen molar-refractivity contribution in [2.45, 2.75) is 139 Å². The molecule has 0 fully saturated rings. The van der Waals surface area contributed by atoms with Gasteiger partial charge < -0.3 is 0 Å². The third-order valence-corrected chi connectivity index (χ3v) is 14.4. The van der Waals surface area contributed by atoms with E-state index in [4.69, 9.17) is 0 Å². The Morgan fingerprint density at radius 1 is 0.512 bits per heavy atom. The Morgan fingerprint density at radius 2 is 0.837 bits per heavy atom. The van der Waals surface area contributed by atoms with Gasteiger partial charge in [-0.3, -0.25) is 0 Å². The number of allylic oxidation sites excluding steroid dienone is 1.